The molecule has 0 spiro atoms. The van der Waals surface area contributed by atoms with Crippen molar-refractivity contribution in [2.24, 2.45) is 0 Å². The highest BCUT2D eigenvalue weighted by Gasteiger charge is 2.06. The number of halogens is 1. The SMILES string of the molecule is Cl.N#Cc1ccc(CN2CC=CCC2)cc1. The largest absolute Gasteiger partial charge is 0.295 e. The lowest BCUT2D eigenvalue weighted by Gasteiger charge is -2.22. The Kier molecular flexibility index (Phi) is 5.04. The van der Waals surface area contributed by atoms with Crippen LogP contribution in [0.25, 0.3) is 0 Å². The maximum atomic E-state index is 8.68. The molecule has 2 rings (SSSR count). The van der Waals surface area contributed by atoms with E-state index >= 15 is 0 Å². The average molecular weight is 235 g/mol. The molecule has 2 nitrogen and oxygen atoms in total. The summed E-state index contributed by atoms with van der Waals surface area (Å²) < 4.78 is 0. The van der Waals surface area contributed by atoms with Crippen LogP contribution in [-0.4, -0.2) is 18.0 Å². The molecule has 0 aliphatic carbocycles. The summed E-state index contributed by atoms with van der Waals surface area (Å²) in [4.78, 5) is 2.40. The summed E-state index contributed by atoms with van der Waals surface area (Å²) in [6, 6.07) is 9.98. The lowest BCUT2D eigenvalue weighted by Crippen LogP contribution is -2.26. The Labute approximate surface area is 103 Å². The van der Waals surface area contributed by atoms with Gasteiger partial charge in [0, 0.05) is 19.6 Å². The van der Waals surface area contributed by atoms with E-state index in [1.165, 1.54) is 5.56 Å². The van der Waals surface area contributed by atoms with Crippen LogP contribution in [0, 0.1) is 11.3 Å². The van der Waals surface area contributed by atoms with E-state index in [1.54, 1.807) is 0 Å². The molecular weight excluding hydrogens is 220 g/mol. The first-order valence-electron chi connectivity index (χ1n) is 5.25. The molecule has 0 saturated carbocycles. The van der Waals surface area contributed by atoms with E-state index in [9.17, 15) is 0 Å². The summed E-state index contributed by atoms with van der Waals surface area (Å²) in [5.74, 6) is 0. The Hall–Kier alpha value is -1.30. The lowest BCUT2D eigenvalue weighted by molar-refractivity contribution is 0.291. The number of rotatable bonds is 2. The minimum absolute atomic E-state index is 0. The first-order chi connectivity index (χ1) is 7.38. The Morgan fingerprint density at radius 3 is 2.50 bits per heavy atom. The Balaban J connectivity index is 0.00000128. The number of nitrogens with zero attached hydrogens (tertiary/aromatic N) is 2. The van der Waals surface area contributed by atoms with Crippen LogP contribution < -0.4 is 0 Å². The van der Waals surface area contributed by atoms with Crippen molar-refractivity contribution in [3.8, 4) is 6.07 Å². The van der Waals surface area contributed by atoms with Gasteiger partial charge < -0.3 is 0 Å². The minimum atomic E-state index is 0. The molecule has 1 aromatic rings. The van der Waals surface area contributed by atoms with Gasteiger partial charge in [0.15, 0.2) is 0 Å². The molecule has 1 aliphatic rings. The molecule has 3 heteroatoms. The molecule has 0 N–H and O–H groups in total. The zero-order valence-electron chi connectivity index (χ0n) is 9.10. The third-order valence-electron chi connectivity index (χ3n) is 2.63. The van der Waals surface area contributed by atoms with Crippen LogP contribution >= 0.6 is 12.4 Å². The van der Waals surface area contributed by atoms with Crippen molar-refractivity contribution in [2.45, 2.75) is 13.0 Å². The van der Waals surface area contributed by atoms with Crippen molar-refractivity contribution < 1.29 is 0 Å². The molecule has 0 fully saturated rings. The second-order valence-corrected chi connectivity index (χ2v) is 3.80. The molecule has 1 aromatic carbocycles. The van der Waals surface area contributed by atoms with Gasteiger partial charge in [-0.3, -0.25) is 4.90 Å². The van der Waals surface area contributed by atoms with Gasteiger partial charge in [0.2, 0.25) is 0 Å². The van der Waals surface area contributed by atoms with Gasteiger partial charge in [-0.25, -0.2) is 0 Å². The third kappa shape index (κ3) is 3.37. The maximum absolute atomic E-state index is 8.68. The van der Waals surface area contributed by atoms with Crippen LogP contribution in [0.2, 0.25) is 0 Å². The Morgan fingerprint density at radius 2 is 1.94 bits per heavy atom. The average Bonchev–Trinajstić information content (AvgIpc) is 2.31. The summed E-state index contributed by atoms with van der Waals surface area (Å²) in [5.41, 5.74) is 2.02. The normalized spacial score (nSPS) is 15.2. The molecule has 0 aromatic heterocycles. The van der Waals surface area contributed by atoms with Gasteiger partial charge in [-0.1, -0.05) is 24.3 Å². The molecule has 0 unspecified atom stereocenters. The molecule has 1 aliphatic heterocycles. The highest BCUT2D eigenvalue weighted by molar-refractivity contribution is 5.85. The van der Waals surface area contributed by atoms with Crippen LogP contribution in [0.3, 0.4) is 0 Å². The smallest absolute Gasteiger partial charge is 0.0991 e. The van der Waals surface area contributed by atoms with E-state index in [-0.39, 0.29) is 12.4 Å². The number of nitriles is 1. The number of hydrogen-bond donors (Lipinski definition) is 0. The van der Waals surface area contributed by atoms with Gasteiger partial charge in [-0.05, 0) is 24.1 Å². The third-order valence-corrected chi connectivity index (χ3v) is 2.63. The van der Waals surface area contributed by atoms with Crippen LogP contribution in [0.4, 0.5) is 0 Å². The highest BCUT2D eigenvalue weighted by Crippen LogP contribution is 2.09. The van der Waals surface area contributed by atoms with Crippen molar-refractivity contribution in [3.05, 3.63) is 47.5 Å². The molecule has 0 bridgehead atoms. The van der Waals surface area contributed by atoms with Crippen molar-refractivity contribution in [1.82, 2.24) is 4.90 Å². The van der Waals surface area contributed by atoms with Crippen molar-refractivity contribution in [1.29, 1.82) is 5.26 Å². The fourth-order valence-electron chi connectivity index (χ4n) is 1.78. The van der Waals surface area contributed by atoms with Crippen LogP contribution in [-0.2, 0) is 6.54 Å². The van der Waals surface area contributed by atoms with Crippen LogP contribution in [0.15, 0.2) is 36.4 Å². The Morgan fingerprint density at radius 1 is 1.19 bits per heavy atom. The molecule has 84 valence electrons. The van der Waals surface area contributed by atoms with Crippen molar-refractivity contribution >= 4 is 12.4 Å². The van der Waals surface area contributed by atoms with E-state index < -0.39 is 0 Å². The Bertz CT molecular complexity index is 389. The van der Waals surface area contributed by atoms with E-state index in [4.69, 9.17) is 5.26 Å². The molecule has 0 saturated heterocycles. The summed E-state index contributed by atoms with van der Waals surface area (Å²) in [6.07, 6.45) is 5.60. The number of benzene rings is 1. The summed E-state index contributed by atoms with van der Waals surface area (Å²) in [6.45, 7) is 3.16. The summed E-state index contributed by atoms with van der Waals surface area (Å²) in [5, 5.41) is 8.68. The van der Waals surface area contributed by atoms with Gasteiger partial charge in [-0.2, -0.15) is 5.26 Å². The summed E-state index contributed by atoms with van der Waals surface area (Å²) in [7, 11) is 0. The van der Waals surface area contributed by atoms with Gasteiger partial charge in [0.05, 0.1) is 11.6 Å². The highest BCUT2D eigenvalue weighted by atomic mass is 35.5. The topological polar surface area (TPSA) is 27.0 Å². The predicted octanol–water partition coefficient (Wildman–Crippen LogP) is 2.74. The second-order valence-electron chi connectivity index (χ2n) is 3.80. The predicted molar refractivity (Wildman–Crippen MR) is 67.4 cm³/mol. The van der Waals surface area contributed by atoms with Gasteiger partial charge in [-0.15, -0.1) is 12.4 Å². The van der Waals surface area contributed by atoms with Gasteiger partial charge >= 0.3 is 0 Å². The van der Waals surface area contributed by atoms with Gasteiger partial charge in [0.25, 0.3) is 0 Å². The first kappa shape index (κ1) is 12.8. The molecule has 0 radical (unpaired) electrons. The fourth-order valence-corrected chi connectivity index (χ4v) is 1.78. The molecular formula is C13H15ClN2. The van der Waals surface area contributed by atoms with Crippen molar-refractivity contribution in [2.75, 3.05) is 13.1 Å². The minimum Gasteiger partial charge on any atom is -0.295 e. The van der Waals surface area contributed by atoms with Crippen LogP contribution in [0.5, 0.6) is 0 Å². The standard InChI is InChI=1S/C13H14N2.ClH/c14-10-12-4-6-13(7-5-12)11-15-8-2-1-3-9-15;/h1-2,4-7H,3,8-9,11H2;1H. The van der Waals surface area contributed by atoms with Gasteiger partial charge in [0.1, 0.15) is 0 Å². The first-order valence-corrected chi connectivity index (χ1v) is 5.25. The fraction of sp³-hybridized carbons (Fsp3) is 0.308. The molecule has 1 heterocycles. The van der Waals surface area contributed by atoms with E-state index in [1.807, 2.05) is 24.3 Å². The lowest BCUT2D eigenvalue weighted by atomic mass is 10.1. The van der Waals surface area contributed by atoms with E-state index in [2.05, 4.69) is 23.1 Å². The summed E-state index contributed by atoms with van der Waals surface area (Å²) >= 11 is 0. The van der Waals surface area contributed by atoms with E-state index in [0.29, 0.717) is 0 Å². The van der Waals surface area contributed by atoms with E-state index in [0.717, 1.165) is 31.6 Å². The molecule has 16 heavy (non-hydrogen) atoms. The maximum Gasteiger partial charge on any atom is 0.0991 e. The monoisotopic (exact) mass is 234 g/mol. The zero-order chi connectivity index (χ0) is 10.5. The molecule has 0 amide bonds. The molecule has 0 atom stereocenters. The quantitative estimate of drug-likeness (QED) is 0.736. The van der Waals surface area contributed by atoms with Crippen LogP contribution in [0.1, 0.15) is 17.5 Å². The number of hydrogen-bond acceptors (Lipinski definition) is 2. The second kappa shape index (κ2) is 6.32. The zero-order valence-corrected chi connectivity index (χ0v) is 9.91. The van der Waals surface area contributed by atoms with Crippen molar-refractivity contribution in [3.63, 3.8) is 0 Å².